The lowest BCUT2D eigenvalue weighted by Gasteiger charge is -2.26. The summed E-state index contributed by atoms with van der Waals surface area (Å²) in [5.41, 5.74) is 18.0. The summed E-state index contributed by atoms with van der Waals surface area (Å²) in [5, 5.41) is 11.6. The Balaban J connectivity index is 1.91. The number of carboxylic acids is 1. The monoisotopic (exact) mass is 460 g/mol. The fraction of sp³-hybridized carbons (Fsp3) is 0.455. The van der Waals surface area contributed by atoms with Crippen LogP contribution in [0, 0.1) is 0 Å². The van der Waals surface area contributed by atoms with Crippen LogP contribution in [0.1, 0.15) is 28.8 Å². The van der Waals surface area contributed by atoms with Crippen molar-refractivity contribution in [3.8, 4) is 0 Å². The number of guanidine groups is 1. The summed E-state index contributed by atoms with van der Waals surface area (Å²) in [5.74, 6) is -1.61. The van der Waals surface area contributed by atoms with Gasteiger partial charge in [0, 0.05) is 37.3 Å². The maximum atomic E-state index is 12.6. The highest BCUT2D eigenvalue weighted by Crippen LogP contribution is 2.11. The van der Waals surface area contributed by atoms with E-state index in [1.165, 1.54) is 6.08 Å². The number of carboxylic acid groups (broad SMARTS) is 1. The molecule has 1 saturated heterocycles. The van der Waals surface area contributed by atoms with Gasteiger partial charge in [0.1, 0.15) is 0 Å². The molecule has 0 aliphatic carbocycles. The Morgan fingerprint density at radius 2 is 1.85 bits per heavy atom. The van der Waals surface area contributed by atoms with Gasteiger partial charge < -0.3 is 37.3 Å². The van der Waals surface area contributed by atoms with Crippen LogP contribution < -0.4 is 22.5 Å². The van der Waals surface area contributed by atoms with Crippen molar-refractivity contribution in [1.82, 2.24) is 10.2 Å². The number of aliphatic imine (C=N–C) groups is 1. The fourth-order valence-electron chi connectivity index (χ4n) is 3.30. The quantitative estimate of drug-likeness (QED) is 0.123. The highest BCUT2D eigenvalue weighted by atomic mass is 16.5. The van der Waals surface area contributed by atoms with E-state index in [-0.39, 0.29) is 18.3 Å². The fourth-order valence-corrected chi connectivity index (χ4v) is 3.30. The summed E-state index contributed by atoms with van der Waals surface area (Å²) in [6.45, 7) is 2.55. The van der Waals surface area contributed by atoms with Crippen LogP contribution in [-0.4, -0.2) is 78.7 Å². The van der Waals surface area contributed by atoms with Crippen molar-refractivity contribution in [3.63, 3.8) is 0 Å². The number of amides is 2. The van der Waals surface area contributed by atoms with Crippen molar-refractivity contribution in [1.29, 1.82) is 0 Å². The van der Waals surface area contributed by atoms with Crippen LogP contribution in [0.5, 0.6) is 0 Å². The minimum atomic E-state index is -1.12. The van der Waals surface area contributed by atoms with Gasteiger partial charge in [-0.1, -0.05) is 18.2 Å². The minimum absolute atomic E-state index is 0.0312. The third-order valence-electron chi connectivity index (χ3n) is 5.06. The van der Waals surface area contributed by atoms with Crippen LogP contribution in [0.25, 0.3) is 0 Å². The van der Waals surface area contributed by atoms with E-state index in [0.717, 1.165) is 11.6 Å². The molecule has 0 spiro atoms. The number of hydrogen-bond donors (Lipinski definition) is 5. The average molecular weight is 461 g/mol. The Morgan fingerprint density at radius 3 is 2.45 bits per heavy atom. The number of nitrogens with two attached hydrogens (primary N) is 3. The van der Waals surface area contributed by atoms with E-state index < -0.39 is 24.0 Å². The summed E-state index contributed by atoms with van der Waals surface area (Å²) >= 11 is 0. The first-order chi connectivity index (χ1) is 15.8. The number of morpholine rings is 1. The number of carbonyl (C=O) groups is 3. The van der Waals surface area contributed by atoms with Crippen molar-refractivity contribution in [2.75, 3.05) is 32.8 Å². The number of carbonyl (C=O) groups excluding carboxylic acids is 2. The smallest absolute Gasteiger partial charge is 0.328 e. The summed E-state index contributed by atoms with van der Waals surface area (Å²) in [7, 11) is 0. The lowest BCUT2D eigenvalue weighted by atomic mass is 10.0. The number of ether oxygens (including phenoxy) is 1. The van der Waals surface area contributed by atoms with Gasteiger partial charge in [-0.15, -0.1) is 0 Å². The first-order valence-corrected chi connectivity index (χ1v) is 10.7. The van der Waals surface area contributed by atoms with Crippen LogP contribution in [0.4, 0.5) is 0 Å². The molecular weight excluding hydrogens is 428 g/mol. The van der Waals surface area contributed by atoms with Crippen LogP contribution in [0.15, 0.2) is 41.4 Å². The number of benzene rings is 1. The zero-order valence-corrected chi connectivity index (χ0v) is 18.5. The maximum Gasteiger partial charge on any atom is 0.328 e. The van der Waals surface area contributed by atoms with Crippen LogP contribution in [0.2, 0.25) is 0 Å². The van der Waals surface area contributed by atoms with Gasteiger partial charge in [-0.05, 0) is 37.0 Å². The van der Waals surface area contributed by atoms with E-state index in [0.29, 0.717) is 51.3 Å². The van der Waals surface area contributed by atoms with Gasteiger partial charge in [0.05, 0.1) is 19.3 Å². The van der Waals surface area contributed by atoms with Crippen LogP contribution in [-0.2, 0) is 20.7 Å². The largest absolute Gasteiger partial charge is 0.478 e. The topological polar surface area (TPSA) is 186 Å². The Morgan fingerprint density at radius 1 is 1.18 bits per heavy atom. The second-order valence-corrected chi connectivity index (χ2v) is 7.67. The van der Waals surface area contributed by atoms with E-state index in [1.54, 1.807) is 29.2 Å². The van der Waals surface area contributed by atoms with E-state index in [4.69, 9.17) is 27.0 Å². The summed E-state index contributed by atoms with van der Waals surface area (Å²) in [6.07, 6.45) is 3.62. The first-order valence-electron chi connectivity index (χ1n) is 10.7. The minimum Gasteiger partial charge on any atom is -0.478 e. The molecule has 0 saturated carbocycles. The molecule has 1 fully saturated rings. The molecule has 180 valence electrons. The van der Waals surface area contributed by atoms with Gasteiger partial charge in [-0.2, -0.15) is 0 Å². The molecule has 2 amide bonds. The number of nitrogens with zero attached hydrogens (tertiary/aromatic N) is 2. The SMILES string of the molecule is NC(N)=NCCCC(C=CC(=O)O)NC(=O)[C@@H](N)Cc1ccc(C(=O)N2CCOCC2)cc1. The molecule has 11 nitrogen and oxygen atoms in total. The van der Waals surface area contributed by atoms with Gasteiger partial charge in [0.2, 0.25) is 5.91 Å². The number of hydrogen-bond acceptors (Lipinski definition) is 6. The molecule has 0 bridgehead atoms. The van der Waals surface area contributed by atoms with Gasteiger partial charge in [0.25, 0.3) is 5.91 Å². The van der Waals surface area contributed by atoms with Crippen molar-refractivity contribution in [3.05, 3.63) is 47.5 Å². The molecule has 33 heavy (non-hydrogen) atoms. The first kappa shape index (κ1) is 25.8. The highest BCUT2D eigenvalue weighted by Gasteiger charge is 2.20. The molecule has 1 aliphatic heterocycles. The Bertz CT molecular complexity index is 861. The van der Waals surface area contributed by atoms with E-state index in [2.05, 4.69) is 10.3 Å². The van der Waals surface area contributed by atoms with Gasteiger partial charge in [-0.3, -0.25) is 14.6 Å². The van der Waals surface area contributed by atoms with Crippen LogP contribution >= 0.6 is 0 Å². The van der Waals surface area contributed by atoms with Gasteiger partial charge >= 0.3 is 5.97 Å². The second kappa shape index (κ2) is 13.2. The zero-order valence-electron chi connectivity index (χ0n) is 18.5. The van der Waals surface area contributed by atoms with Crippen molar-refractivity contribution in [2.24, 2.45) is 22.2 Å². The number of nitrogens with one attached hydrogen (secondary N) is 1. The Kier molecular flexibility index (Phi) is 10.3. The lowest BCUT2D eigenvalue weighted by molar-refractivity contribution is -0.131. The third kappa shape index (κ3) is 9.29. The van der Waals surface area contributed by atoms with E-state index >= 15 is 0 Å². The molecule has 2 rings (SSSR count). The number of aliphatic carboxylic acids is 1. The average Bonchev–Trinajstić information content (AvgIpc) is 2.80. The third-order valence-corrected chi connectivity index (χ3v) is 5.06. The van der Waals surface area contributed by atoms with Gasteiger partial charge in [0.15, 0.2) is 5.96 Å². The van der Waals surface area contributed by atoms with Crippen molar-refractivity contribution in [2.45, 2.75) is 31.3 Å². The summed E-state index contributed by atoms with van der Waals surface area (Å²) < 4.78 is 5.27. The molecule has 1 aliphatic rings. The predicted molar refractivity (Wildman–Crippen MR) is 123 cm³/mol. The molecule has 0 aromatic heterocycles. The Hall–Kier alpha value is -3.44. The van der Waals surface area contributed by atoms with Crippen LogP contribution in [0.3, 0.4) is 0 Å². The summed E-state index contributed by atoms with van der Waals surface area (Å²) in [6, 6.07) is 5.63. The molecular formula is C22H32N6O5. The summed E-state index contributed by atoms with van der Waals surface area (Å²) in [4.78, 5) is 41.6. The normalized spacial score (nSPS) is 15.6. The Labute approximate surface area is 192 Å². The molecule has 2 atom stereocenters. The molecule has 11 heteroatoms. The molecule has 1 aromatic carbocycles. The molecule has 0 radical (unpaired) electrons. The molecule has 1 unspecified atom stereocenters. The second-order valence-electron chi connectivity index (χ2n) is 7.67. The maximum absolute atomic E-state index is 12.6. The van der Waals surface area contributed by atoms with Gasteiger partial charge in [-0.25, -0.2) is 4.79 Å². The molecule has 8 N–H and O–H groups in total. The molecule has 1 heterocycles. The standard InChI is InChI=1S/C22H32N6O5/c23-18(20(31)27-17(7-8-19(29)30)2-1-9-26-22(24)25)14-15-3-5-16(6-4-15)21(32)28-10-12-33-13-11-28/h3-8,17-18H,1-2,9-14,23H2,(H,27,31)(H,29,30)(H4,24,25,26)/t17?,18-/m0/s1. The number of rotatable bonds is 11. The zero-order chi connectivity index (χ0) is 24.2. The molecule has 1 aromatic rings. The van der Waals surface area contributed by atoms with E-state index in [1.807, 2.05) is 0 Å². The van der Waals surface area contributed by atoms with Crippen molar-refractivity contribution >= 4 is 23.7 Å². The lowest BCUT2D eigenvalue weighted by Crippen LogP contribution is -2.46. The highest BCUT2D eigenvalue weighted by molar-refractivity contribution is 5.94. The van der Waals surface area contributed by atoms with E-state index in [9.17, 15) is 14.4 Å². The van der Waals surface area contributed by atoms with Crippen molar-refractivity contribution < 1.29 is 24.2 Å². The predicted octanol–water partition coefficient (Wildman–Crippen LogP) is -0.792.